The Bertz CT molecular complexity index is 584. The Balaban J connectivity index is 2.18. The third kappa shape index (κ3) is 3.37. The first kappa shape index (κ1) is 13.6. The van der Waals surface area contributed by atoms with Crippen LogP contribution in [0.1, 0.15) is 5.56 Å². The first-order chi connectivity index (χ1) is 8.56. The summed E-state index contributed by atoms with van der Waals surface area (Å²) < 4.78 is 14.7. The molecule has 0 amide bonds. The van der Waals surface area contributed by atoms with E-state index in [0.717, 1.165) is 20.2 Å². The van der Waals surface area contributed by atoms with E-state index < -0.39 is 0 Å². The van der Waals surface area contributed by atoms with Gasteiger partial charge in [0.1, 0.15) is 10.8 Å². The molecule has 2 aromatic carbocycles. The highest BCUT2D eigenvalue weighted by atomic mass is 79.9. The lowest BCUT2D eigenvalue weighted by Crippen LogP contribution is -2.10. The van der Waals surface area contributed by atoms with E-state index in [9.17, 15) is 4.39 Å². The first-order valence-corrected chi connectivity index (χ1v) is 7.07. The van der Waals surface area contributed by atoms with E-state index >= 15 is 0 Å². The van der Waals surface area contributed by atoms with Crippen molar-refractivity contribution in [2.45, 2.75) is 0 Å². The highest BCUT2D eigenvalue weighted by molar-refractivity contribution is 9.11. The molecule has 0 spiro atoms. The fourth-order valence-electron chi connectivity index (χ4n) is 1.39. The van der Waals surface area contributed by atoms with Gasteiger partial charge in [-0.05, 0) is 58.4 Å². The van der Waals surface area contributed by atoms with E-state index in [2.05, 4.69) is 37.2 Å². The third-order valence-electron chi connectivity index (χ3n) is 2.29. The van der Waals surface area contributed by atoms with Gasteiger partial charge in [0.2, 0.25) is 0 Å². The molecule has 18 heavy (non-hydrogen) atoms. The van der Waals surface area contributed by atoms with Crippen LogP contribution in [0, 0.1) is 5.82 Å². The lowest BCUT2D eigenvalue weighted by atomic mass is 10.2. The Morgan fingerprint density at radius 1 is 1.06 bits per heavy atom. The molecule has 0 aromatic heterocycles. The summed E-state index contributed by atoms with van der Waals surface area (Å²) >= 11 is 12.1. The average molecular weight is 389 g/mol. The first-order valence-electron chi connectivity index (χ1n) is 5.08. The summed E-state index contributed by atoms with van der Waals surface area (Å²) in [4.78, 5) is 0.554. The molecule has 2 rings (SSSR count). The van der Waals surface area contributed by atoms with Gasteiger partial charge in [-0.15, -0.1) is 0 Å². The van der Waals surface area contributed by atoms with E-state index in [1.165, 1.54) is 12.1 Å². The Kier molecular flexibility index (Phi) is 4.48. The van der Waals surface area contributed by atoms with Crippen LogP contribution in [0.3, 0.4) is 0 Å². The van der Waals surface area contributed by atoms with Crippen molar-refractivity contribution in [1.82, 2.24) is 0 Å². The van der Waals surface area contributed by atoms with Crippen molar-refractivity contribution >= 4 is 54.8 Å². The molecule has 0 saturated heterocycles. The topological polar surface area (TPSA) is 12.0 Å². The summed E-state index contributed by atoms with van der Waals surface area (Å²) in [6.07, 6.45) is 0. The molecule has 0 unspecified atom stereocenters. The third-order valence-corrected chi connectivity index (χ3v) is 3.77. The number of thiocarbonyl (C=S) groups is 1. The van der Waals surface area contributed by atoms with Crippen LogP contribution in [0.4, 0.5) is 10.1 Å². The largest absolute Gasteiger partial charge is 0.345 e. The van der Waals surface area contributed by atoms with Gasteiger partial charge in [-0.1, -0.05) is 28.1 Å². The van der Waals surface area contributed by atoms with Crippen molar-refractivity contribution < 1.29 is 4.39 Å². The molecule has 0 fully saturated rings. The van der Waals surface area contributed by atoms with Crippen molar-refractivity contribution in [3.63, 3.8) is 0 Å². The molecule has 0 saturated carbocycles. The summed E-state index contributed by atoms with van der Waals surface area (Å²) in [7, 11) is 0. The molecule has 1 N–H and O–H groups in total. The molecule has 0 atom stereocenters. The molecule has 0 heterocycles. The normalized spacial score (nSPS) is 10.2. The minimum Gasteiger partial charge on any atom is -0.345 e. The zero-order valence-electron chi connectivity index (χ0n) is 9.08. The zero-order chi connectivity index (χ0) is 13.1. The minimum atomic E-state index is -0.272. The van der Waals surface area contributed by atoms with Gasteiger partial charge in [-0.25, -0.2) is 4.39 Å². The van der Waals surface area contributed by atoms with Crippen molar-refractivity contribution in [1.29, 1.82) is 0 Å². The molecule has 0 bridgehead atoms. The van der Waals surface area contributed by atoms with Crippen molar-refractivity contribution in [2.75, 3.05) is 5.32 Å². The Hall–Kier alpha value is -0.780. The van der Waals surface area contributed by atoms with E-state index in [1.807, 2.05) is 18.2 Å². The summed E-state index contributed by atoms with van der Waals surface area (Å²) in [5, 5.41) is 3.11. The number of benzene rings is 2. The number of rotatable bonds is 2. The summed E-state index contributed by atoms with van der Waals surface area (Å²) in [5.41, 5.74) is 1.65. The SMILES string of the molecule is Fc1ccc(C(=S)Nc2ccc(Br)cc2Br)cc1. The van der Waals surface area contributed by atoms with E-state index in [0.29, 0.717) is 4.99 Å². The summed E-state index contributed by atoms with van der Waals surface area (Å²) in [6.45, 7) is 0. The van der Waals surface area contributed by atoms with Crippen molar-refractivity contribution in [3.05, 3.63) is 62.8 Å². The number of nitrogens with one attached hydrogen (secondary N) is 1. The maximum Gasteiger partial charge on any atom is 0.123 e. The molecule has 5 heteroatoms. The van der Waals surface area contributed by atoms with Gasteiger partial charge >= 0.3 is 0 Å². The molecule has 1 nitrogen and oxygen atoms in total. The van der Waals surface area contributed by atoms with Gasteiger partial charge in [0.25, 0.3) is 0 Å². The predicted molar refractivity (Wildman–Crippen MR) is 83.6 cm³/mol. The van der Waals surface area contributed by atoms with Crippen LogP contribution in [0.25, 0.3) is 0 Å². The van der Waals surface area contributed by atoms with Crippen molar-refractivity contribution in [2.24, 2.45) is 0 Å². The smallest absolute Gasteiger partial charge is 0.123 e. The number of halogens is 3. The van der Waals surface area contributed by atoms with Crippen molar-refractivity contribution in [3.8, 4) is 0 Å². The highest BCUT2D eigenvalue weighted by Crippen LogP contribution is 2.26. The second kappa shape index (κ2) is 5.91. The molecule has 0 radical (unpaired) electrons. The van der Waals surface area contributed by atoms with E-state index in [1.54, 1.807) is 12.1 Å². The predicted octanol–water partition coefficient (Wildman–Crippen LogP) is 5.14. The van der Waals surface area contributed by atoms with Gasteiger partial charge in [0.05, 0.1) is 5.69 Å². The quantitative estimate of drug-likeness (QED) is 0.715. The Morgan fingerprint density at radius 2 is 1.72 bits per heavy atom. The van der Waals surface area contributed by atoms with Crippen LogP contribution < -0.4 is 5.32 Å². The number of hydrogen-bond donors (Lipinski definition) is 1. The van der Waals surface area contributed by atoms with Gasteiger partial charge in [-0.2, -0.15) is 0 Å². The Morgan fingerprint density at radius 3 is 2.33 bits per heavy atom. The maximum atomic E-state index is 12.8. The lowest BCUT2D eigenvalue weighted by Gasteiger charge is -2.10. The fraction of sp³-hybridized carbons (Fsp3) is 0. The van der Waals surface area contributed by atoms with Crippen LogP contribution in [0.5, 0.6) is 0 Å². The molecular formula is C13H8Br2FNS. The second-order valence-electron chi connectivity index (χ2n) is 3.59. The average Bonchev–Trinajstić information content (AvgIpc) is 2.33. The molecule has 0 aliphatic rings. The van der Waals surface area contributed by atoms with Crippen LogP contribution in [0.2, 0.25) is 0 Å². The minimum absolute atomic E-state index is 0.272. The van der Waals surface area contributed by atoms with Gasteiger partial charge in [0.15, 0.2) is 0 Å². The molecule has 0 aliphatic carbocycles. The van der Waals surface area contributed by atoms with Crippen LogP contribution in [0.15, 0.2) is 51.4 Å². The van der Waals surface area contributed by atoms with Gasteiger partial charge in [0, 0.05) is 14.5 Å². The number of anilines is 1. The number of hydrogen-bond acceptors (Lipinski definition) is 1. The van der Waals surface area contributed by atoms with E-state index in [-0.39, 0.29) is 5.82 Å². The van der Waals surface area contributed by atoms with Gasteiger partial charge in [-0.3, -0.25) is 0 Å². The summed E-state index contributed by atoms with van der Waals surface area (Å²) in [6, 6.07) is 11.8. The summed E-state index contributed by atoms with van der Waals surface area (Å²) in [5.74, 6) is -0.272. The lowest BCUT2D eigenvalue weighted by molar-refractivity contribution is 0.628. The van der Waals surface area contributed by atoms with Crippen LogP contribution in [-0.4, -0.2) is 4.99 Å². The molecule has 92 valence electrons. The second-order valence-corrected chi connectivity index (χ2v) is 5.76. The van der Waals surface area contributed by atoms with Gasteiger partial charge < -0.3 is 5.32 Å². The zero-order valence-corrected chi connectivity index (χ0v) is 13.1. The standard InChI is InChI=1S/C13H8Br2FNS/c14-9-3-6-12(11(15)7-9)17-13(18)8-1-4-10(16)5-2-8/h1-7H,(H,17,18). The molecular weight excluding hydrogens is 381 g/mol. The van der Waals surface area contributed by atoms with Crippen LogP contribution >= 0.6 is 44.1 Å². The fourth-order valence-corrected chi connectivity index (χ4v) is 2.78. The monoisotopic (exact) mass is 387 g/mol. The molecule has 0 aliphatic heterocycles. The van der Waals surface area contributed by atoms with E-state index in [4.69, 9.17) is 12.2 Å². The van der Waals surface area contributed by atoms with Crippen LogP contribution in [-0.2, 0) is 0 Å². The molecule has 2 aromatic rings. The Labute approximate surface area is 127 Å². The highest BCUT2D eigenvalue weighted by Gasteiger charge is 2.05. The maximum absolute atomic E-state index is 12.8.